The first-order chi connectivity index (χ1) is 9.36. The summed E-state index contributed by atoms with van der Waals surface area (Å²) in [6, 6.07) is -0.815. The molecule has 1 amide bonds. The Hall–Kier alpha value is -2.45. The summed E-state index contributed by atoms with van der Waals surface area (Å²) in [5.74, 6) is -1.02. The van der Waals surface area contributed by atoms with Crippen LogP contribution in [0.15, 0.2) is 6.20 Å². The maximum absolute atomic E-state index is 11.8. The van der Waals surface area contributed by atoms with Gasteiger partial charge in [0.05, 0.1) is 6.61 Å². The van der Waals surface area contributed by atoms with Crippen molar-refractivity contribution in [1.82, 2.24) is 14.9 Å². The number of imidazole rings is 1. The summed E-state index contributed by atoms with van der Waals surface area (Å²) < 4.78 is 5.90. The van der Waals surface area contributed by atoms with Crippen LogP contribution in [0.3, 0.4) is 0 Å². The molecule has 0 saturated carbocycles. The molecule has 0 aliphatic heterocycles. The Bertz CT molecular complexity index is 525. The maximum Gasteiger partial charge on any atom is 0.343 e. The predicted octanol–water partition coefficient (Wildman–Crippen LogP) is 0.168. The van der Waals surface area contributed by atoms with E-state index in [-0.39, 0.29) is 19.0 Å². The van der Waals surface area contributed by atoms with Gasteiger partial charge in [-0.3, -0.25) is 4.79 Å². The summed E-state index contributed by atoms with van der Waals surface area (Å²) >= 11 is 0. The smallest absolute Gasteiger partial charge is 0.343 e. The maximum atomic E-state index is 11.8. The van der Waals surface area contributed by atoms with Crippen molar-refractivity contribution in [3.63, 3.8) is 0 Å². The Balaban J connectivity index is 2.70. The zero-order valence-corrected chi connectivity index (χ0v) is 11.5. The molecule has 9 heteroatoms. The van der Waals surface area contributed by atoms with Crippen LogP contribution in [0.2, 0.25) is 0 Å². The topological polar surface area (TPSA) is 116 Å². The highest BCUT2D eigenvalue weighted by molar-refractivity contribution is 5.84. The van der Waals surface area contributed by atoms with Crippen LogP contribution in [-0.4, -0.2) is 39.0 Å². The Kier molecular flexibility index (Phi) is 5.18. The van der Waals surface area contributed by atoms with E-state index in [1.165, 1.54) is 6.92 Å². The molecule has 1 heterocycles. The first kappa shape index (κ1) is 15.6. The molecular formula is C11H16N4O5. The molecule has 0 saturated heterocycles. The van der Waals surface area contributed by atoms with E-state index in [1.54, 1.807) is 13.8 Å². The molecule has 1 rings (SSSR count). The molecule has 0 unspecified atom stereocenters. The van der Waals surface area contributed by atoms with Gasteiger partial charge in [0.2, 0.25) is 0 Å². The number of carbonyl (C=O) groups is 2. The molecule has 1 N–H and O–H groups in total. The van der Waals surface area contributed by atoms with Crippen LogP contribution in [0.25, 0.3) is 0 Å². The monoisotopic (exact) mass is 284 g/mol. The minimum atomic E-state index is -0.815. The molecule has 0 aliphatic carbocycles. The van der Waals surface area contributed by atoms with E-state index in [4.69, 9.17) is 4.74 Å². The van der Waals surface area contributed by atoms with E-state index in [0.717, 1.165) is 10.8 Å². The minimum Gasteiger partial charge on any atom is -0.464 e. The van der Waals surface area contributed by atoms with Crippen LogP contribution in [-0.2, 0) is 20.9 Å². The van der Waals surface area contributed by atoms with Crippen LogP contribution in [0, 0.1) is 17.0 Å². The van der Waals surface area contributed by atoms with E-state index < -0.39 is 22.8 Å². The molecule has 0 aliphatic rings. The first-order valence-electron chi connectivity index (χ1n) is 5.99. The number of aromatic nitrogens is 2. The number of hydrogen-bond acceptors (Lipinski definition) is 6. The van der Waals surface area contributed by atoms with E-state index in [1.807, 2.05) is 0 Å². The molecule has 0 radical (unpaired) electrons. The fourth-order valence-corrected chi connectivity index (χ4v) is 1.55. The molecule has 0 spiro atoms. The summed E-state index contributed by atoms with van der Waals surface area (Å²) in [6.45, 7) is 4.61. The van der Waals surface area contributed by atoms with Crippen molar-refractivity contribution < 1.29 is 19.2 Å². The third-order valence-corrected chi connectivity index (χ3v) is 2.54. The SMILES string of the molecule is CCOC(=O)[C@H](C)NC(=O)Cn1c([N+](=O)[O-])cnc1C. The summed E-state index contributed by atoms with van der Waals surface area (Å²) in [4.78, 5) is 37.1. The van der Waals surface area contributed by atoms with Gasteiger partial charge in [-0.15, -0.1) is 0 Å². The van der Waals surface area contributed by atoms with Gasteiger partial charge in [0, 0.05) is 6.92 Å². The largest absolute Gasteiger partial charge is 0.464 e. The van der Waals surface area contributed by atoms with Crippen LogP contribution in [0.5, 0.6) is 0 Å². The number of nitro groups is 1. The zero-order valence-electron chi connectivity index (χ0n) is 11.5. The lowest BCUT2D eigenvalue weighted by Crippen LogP contribution is -2.41. The van der Waals surface area contributed by atoms with E-state index in [9.17, 15) is 19.7 Å². The number of aryl methyl sites for hydroxylation is 1. The normalized spacial score (nSPS) is 11.8. The van der Waals surface area contributed by atoms with Gasteiger partial charge in [-0.2, -0.15) is 0 Å². The number of ether oxygens (including phenoxy) is 1. The van der Waals surface area contributed by atoms with Crippen LogP contribution < -0.4 is 5.32 Å². The van der Waals surface area contributed by atoms with E-state index in [2.05, 4.69) is 10.3 Å². The van der Waals surface area contributed by atoms with Gasteiger partial charge in [0.25, 0.3) is 5.91 Å². The van der Waals surface area contributed by atoms with Gasteiger partial charge in [0.15, 0.2) is 12.4 Å². The highest BCUT2D eigenvalue weighted by Gasteiger charge is 2.22. The zero-order chi connectivity index (χ0) is 15.3. The van der Waals surface area contributed by atoms with Gasteiger partial charge >= 0.3 is 11.8 Å². The Labute approximate surface area is 115 Å². The number of nitrogens with zero attached hydrogens (tertiary/aromatic N) is 3. The molecule has 0 bridgehead atoms. The average Bonchev–Trinajstić information content (AvgIpc) is 2.71. The lowest BCUT2D eigenvalue weighted by molar-refractivity contribution is -0.392. The lowest BCUT2D eigenvalue weighted by Gasteiger charge is -2.12. The molecule has 0 fully saturated rings. The number of esters is 1. The molecule has 1 atom stereocenters. The summed E-state index contributed by atoms with van der Waals surface area (Å²) in [5.41, 5.74) is 0. The number of rotatable bonds is 6. The van der Waals surface area contributed by atoms with Crippen molar-refractivity contribution in [1.29, 1.82) is 0 Å². The van der Waals surface area contributed by atoms with Crippen molar-refractivity contribution in [2.75, 3.05) is 6.61 Å². The Morgan fingerprint density at radius 1 is 1.60 bits per heavy atom. The van der Waals surface area contributed by atoms with Crippen LogP contribution >= 0.6 is 0 Å². The van der Waals surface area contributed by atoms with Crippen molar-refractivity contribution in [3.05, 3.63) is 22.1 Å². The van der Waals surface area contributed by atoms with Crippen LogP contribution in [0.4, 0.5) is 5.82 Å². The Morgan fingerprint density at radius 3 is 2.80 bits per heavy atom. The standard InChI is InChI=1S/C11H16N4O5/c1-4-20-11(17)7(2)13-9(16)6-14-8(3)12-5-10(14)15(18)19/h5,7H,4,6H2,1-3H3,(H,13,16)/t7-/m0/s1. The van der Waals surface area contributed by atoms with Crippen molar-refractivity contribution in [3.8, 4) is 0 Å². The van der Waals surface area contributed by atoms with Gasteiger partial charge in [0.1, 0.15) is 12.2 Å². The van der Waals surface area contributed by atoms with Crippen LogP contribution in [0.1, 0.15) is 19.7 Å². The second kappa shape index (κ2) is 6.64. The number of amides is 1. The van der Waals surface area contributed by atoms with Gasteiger partial charge in [-0.05, 0) is 18.8 Å². The molecule has 1 aromatic rings. The quantitative estimate of drug-likeness (QED) is 0.452. The second-order valence-electron chi connectivity index (χ2n) is 4.05. The van der Waals surface area contributed by atoms with Gasteiger partial charge in [-0.1, -0.05) is 0 Å². The molecule has 1 aromatic heterocycles. The van der Waals surface area contributed by atoms with Gasteiger partial charge in [-0.25, -0.2) is 14.3 Å². The summed E-state index contributed by atoms with van der Waals surface area (Å²) in [7, 11) is 0. The van der Waals surface area contributed by atoms with Gasteiger partial charge < -0.3 is 20.2 Å². The highest BCUT2D eigenvalue weighted by Crippen LogP contribution is 2.12. The summed E-state index contributed by atoms with van der Waals surface area (Å²) in [5, 5.41) is 13.2. The lowest BCUT2D eigenvalue weighted by atomic mass is 10.3. The fraction of sp³-hybridized carbons (Fsp3) is 0.545. The third kappa shape index (κ3) is 3.77. The highest BCUT2D eigenvalue weighted by atomic mass is 16.6. The predicted molar refractivity (Wildman–Crippen MR) is 67.9 cm³/mol. The van der Waals surface area contributed by atoms with Crippen molar-refractivity contribution in [2.24, 2.45) is 0 Å². The Morgan fingerprint density at radius 2 is 2.25 bits per heavy atom. The number of carbonyl (C=O) groups excluding carboxylic acids is 2. The summed E-state index contributed by atoms with van der Waals surface area (Å²) in [6.07, 6.45) is 1.08. The van der Waals surface area contributed by atoms with Crippen molar-refractivity contribution in [2.45, 2.75) is 33.4 Å². The molecule has 9 nitrogen and oxygen atoms in total. The fourth-order valence-electron chi connectivity index (χ4n) is 1.55. The number of nitrogens with one attached hydrogen (secondary N) is 1. The molecule has 0 aromatic carbocycles. The molecule has 110 valence electrons. The third-order valence-electron chi connectivity index (χ3n) is 2.54. The van der Waals surface area contributed by atoms with E-state index >= 15 is 0 Å². The number of hydrogen-bond donors (Lipinski definition) is 1. The minimum absolute atomic E-state index is 0.213. The molecular weight excluding hydrogens is 268 g/mol. The molecule has 20 heavy (non-hydrogen) atoms. The average molecular weight is 284 g/mol. The first-order valence-corrected chi connectivity index (χ1v) is 5.99. The second-order valence-corrected chi connectivity index (χ2v) is 4.05. The van der Waals surface area contributed by atoms with Crippen molar-refractivity contribution >= 4 is 17.7 Å². The van der Waals surface area contributed by atoms with E-state index in [0.29, 0.717) is 5.82 Å².